The van der Waals surface area contributed by atoms with Crippen LogP contribution in [0.2, 0.25) is 0 Å². The first-order valence-electron chi connectivity index (χ1n) is 7.99. The molecule has 0 aromatic heterocycles. The van der Waals surface area contributed by atoms with Crippen molar-refractivity contribution in [3.05, 3.63) is 65.2 Å². The normalized spacial score (nSPS) is 13.2. The maximum atomic E-state index is 14.2. The quantitative estimate of drug-likeness (QED) is 0.545. The van der Waals surface area contributed by atoms with E-state index in [0.29, 0.717) is 12.1 Å². The van der Waals surface area contributed by atoms with Gasteiger partial charge in [0.05, 0.1) is 0 Å². The van der Waals surface area contributed by atoms with Gasteiger partial charge in [0.1, 0.15) is 28.8 Å². The highest BCUT2D eigenvalue weighted by Gasteiger charge is 2.41. The van der Waals surface area contributed by atoms with E-state index in [1.54, 1.807) is 6.07 Å². The zero-order valence-corrected chi connectivity index (χ0v) is 14.8. The fourth-order valence-corrected chi connectivity index (χ4v) is 2.35. The van der Waals surface area contributed by atoms with Crippen LogP contribution in [-0.2, 0) is 4.74 Å². The number of esters is 1. The van der Waals surface area contributed by atoms with Crippen molar-refractivity contribution >= 4 is 11.7 Å². The lowest BCUT2D eigenvalue weighted by atomic mass is 10.1. The largest absolute Gasteiger partial charge is 0.456 e. The van der Waals surface area contributed by atoms with Gasteiger partial charge in [-0.25, -0.2) is 13.6 Å². The van der Waals surface area contributed by atoms with Crippen molar-refractivity contribution < 1.29 is 31.5 Å². The molecule has 2 aromatic carbocycles. The van der Waals surface area contributed by atoms with Gasteiger partial charge in [-0.2, -0.15) is 13.2 Å². The molecule has 146 valence electrons. The van der Waals surface area contributed by atoms with E-state index < -0.39 is 46.7 Å². The Hall–Kier alpha value is -2.64. The van der Waals surface area contributed by atoms with Crippen LogP contribution < -0.4 is 5.32 Å². The van der Waals surface area contributed by atoms with Gasteiger partial charge < -0.3 is 10.1 Å². The van der Waals surface area contributed by atoms with Gasteiger partial charge in [0.2, 0.25) is 0 Å². The minimum atomic E-state index is -4.71. The van der Waals surface area contributed by atoms with E-state index in [9.17, 15) is 26.7 Å². The molecule has 0 saturated carbocycles. The fraction of sp³-hybridized carbons (Fsp3) is 0.316. The van der Waals surface area contributed by atoms with Crippen LogP contribution in [0.25, 0.3) is 0 Å². The highest BCUT2D eigenvalue weighted by atomic mass is 19.4. The monoisotopic (exact) mass is 387 g/mol. The van der Waals surface area contributed by atoms with Crippen LogP contribution in [0.3, 0.4) is 0 Å². The van der Waals surface area contributed by atoms with Crippen LogP contribution >= 0.6 is 0 Å². The molecule has 0 aliphatic heterocycles. The van der Waals surface area contributed by atoms with Crippen LogP contribution in [0, 0.1) is 11.6 Å². The highest BCUT2D eigenvalue weighted by molar-refractivity contribution is 5.90. The molecule has 0 saturated heterocycles. The molecular weight excluding hydrogens is 369 g/mol. The maximum absolute atomic E-state index is 14.2. The van der Waals surface area contributed by atoms with Gasteiger partial charge in [0.25, 0.3) is 0 Å². The summed E-state index contributed by atoms with van der Waals surface area (Å²) in [5.41, 5.74) is -2.52. The molecule has 0 fully saturated rings. The summed E-state index contributed by atoms with van der Waals surface area (Å²) in [6.07, 6.45) is -4.71. The van der Waals surface area contributed by atoms with Crippen LogP contribution in [0.1, 0.15) is 42.7 Å². The minimum Gasteiger partial charge on any atom is -0.456 e. The van der Waals surface area contributed by atoms with Crippen molar-refractivity contribution in [3.8, 4) is 0 Å². The molecule has 0 heterocycles. The predicted molar refractivity (Wildman–Crippen MR) is 90.4 cm³/mol. The molecule has 2 aromatic rings. The summed E-state index contributed by atoms with van der Waals surface area (Å²) in [7, 11) is 0. The van der Waals surface area contributed by atoms with Gasteiger partial charge in [0, 0.05) is 5.69 Å². The number of hydrogen-bond acceptors (Lipinski definition) is 3. The van der Waals surface area contributed by atoms with E-state index in [0.717, 1.165) is 0 Å². The van der Waals surface area contributed by atoms with Gasteiger partial charge in [-0.05, 0) is 38.5 Å². The number of carbonyl (C=O) groups is 1. The maximum Gasteiger partial charge on any atom is 0.412 e. The third kappa shape index (κ3) is 5.42. The number of rotatable bonds is 4. The lowest BCUT2D eigenvalue weighted by molar-refractivity contribution is -0.144. The second kappa shape index (κ2) is 7.54. The number of benzene rings is 2. The molecule has 0 bridgehead atoms. The Kier molecular flexibility index (Phi) is 5.77. The van der Waals surface area contributed by atoms with E-state index in [2.05, 4.69) is 5.32 Å². The molecular formula is C19H18F5NO2. The average molecular weight is 387 g/mol. The molecule has 0 unspecified atom stereocenters. The molecule has 2 rings (SSSR count). The van der Waals surface area contributed by atoms with Gasteiger partial charge >= 0.3 is 12.1 Å². The van der Waals surface area contributed by atoms with Crippen LogP contribution in [0.5, 0.6) is 0 Å². The topological polar surface area (TPSA) is 38.3 Å². The summed E-state index contributed by atoms with van der Waals surface area (Å²) in [6.45, 7) is 4.55. The third-order valence-corrected chi connectivity index (χ3v) is 3.42. The second-order valence-electron chi connectivity index (χ2n) is 6.85. The molecule has 1 N–H and O–H groups in total. The Balaban J connectivity index is 2.35. The van der Waals surface area contributed by atoms with Crippen molar-refractivity contribution in [1.82, 2.24) is 0 Å². The number of anilines is 1. The van der Waals surface area contributed by atoms with Gasteiger partial charge in [0.15, 0.2) is 0 Å². The van der Waals surface area contributed by atoms with E-state index in [1.165, 1.54) is 45.0 Å². The van der Waals surface area contributed by atoms with Crippen LogP contribution in [0.15, 0.2) is 42.5 Å². The van der Waals surface area contributed by atoms with Gasteiger partial charge in [-0.1, -0.05) is 30.3 Å². The van der Waals surface area contributed by atoms with Crippen molar-refractivity contribution in [2.45, 2.75) is 38.6 Å². The second-order valence-corrected chi connectivity index (χ2v) is 6.85. The molecule has 3 nitrogen and oxygen atoms in total. The highest BCUT2D eigenvalue weighted by Crippen LogP contribution is 2.36. The third-order valence-electron chi connectivity index (χ3n) is 3.42. The Morgan fingerprint density at radius 2 is 1.52 bits per heavy atom. The summed E-state index contributed by atoms with van der Waals surface area (Å²) in [4.78, 5) is 11.9. The summed E-state index contributed by atoms with van der Waals surface area (Å²) >= 11 is 0. The van der Waals surface area contributed by atoms with Crippen molar-refractivity contribution in [2.75, 3.05) is 5.32 Å². The molecule has 27 heavy (non-hydrogen) atoms. The first kappa shape index (κ1) is 20.7. The number of alkyl halides is 3. The lowest BCUT2D eigenvalue weighted by Crippen LogP contribution is -2.28. The van der Waals surface area contributed by atoms with Gasteiger partial charge in [-0.15, -0.1) is 0 Å². The minimum absolute atomic E-state index is 0.123. The lowest BCUT2D eigenvalue weighted by Gasteiger charge is -2.24. The van der Waals surface area contributed by atoms with E-state index in [1.807, 2.05) is 0 Å². The summed E-state index contributed by atoms with van der Waals surface area (Å²) < 4.78 is 73.4. The molecule has 0 aliphatic rings. The molecule has 0 spiro atoms. The molecule has 1 atom stereocenters. The zero-order valence-electron chi connectivity index (χ0n) is 14.8. The number of nitrogens with one attached hydrogen (secondary N) is 1. The Morgan fingerprint density at radius 3 is 1.96 bits per heavy atom. The van der Waals surface area contributed by atoms with Crippen LogP contribution in [0.4, 0.5) is 27.6 Å². The number of halogens is 5. The molecule has 0 radical (unpaired) electrons. The fourth-order valence-electron chi connectivity index (χ4n) is 2.35. The zero-order chi connectivity index (χ0) is 20.4. The number of ether oxygens (including phenoxy) is 1. The summed E-state index contributed by atoms with van der Waals surface area (Å²) in [5.74, 6) is -3.87. The number of carbonyl (C=O) groups excluding carboxylic acids is 1. The standard InChI is InChI=1S/C19H18F5NO2/c1-18(2,3)27-17(26)15-13(20)9-12(10-14(15)21)25-16(19(22,23)24)11-7-5-4-6-8-11/h4-10,16,25H,1-3H3/t16-/m1/s1. The van der Waals surface area contributed by atoms with E-state index in [-0.39, 0.29) is 5.56 Å². The molecule has 0 aliphatic carbocycles. The Morgan fingerprint density at radius 1 is 1.00 bits per heavy atom. The van der Waals surface area contributed by atoms with Crippen LogP contribution in [-0.4, -0.2) is 17.7 Å². The average Bonchev–Trinajstić information content (AvgIpc) is 2.50. The Labute approximate surface area is 153 Å². The number of hydrogen-bond donors (Lipinski definition) is 1. The molecule has 0 amide bonds. The first-order chi connectivity index (χ1) is 12.4. The van der Waals surface area contributed by atoms with E-state index >= 15 is 0 Å². The Bertz CT molecular complexity index is 790. The summed E-state index contributed by atoms with van der Waals surface area (Å²) in [6, 6.07) is 5.95. The molecule has 8 heteroatoms. The van der Waals surface area contributed by atoms with Crippen molar-refractivity contribution in [2.24, 2.45) is 0 Å². The summed E-state index contributed by atoms with van der Waals surface area (Å²) in [5, 5.41) is 2.07. The SMILES string of the molecule is CC(C)(C)OC(=O)c1c(F)cc(N[C@H](c2ccccc2)C(F)(F)F)cc1F. The van der Waals surface area contributed by atoms with Crippen molar-refractivity contribution in [1.29, 1.82) is 0 Å². The predicted octanol–water partition coefficient (Wildman–Crippen LogP) is 5.64. The smallest absolute Gasteiger partial charge is 0.412 e. The van der Waals surface area contributed by atoms with Crippen molar-refractivity contribution in [3.63, 3.8) is 0 Å². The first-order valence-corrected chi connectivity index (χ1v) is 7.99. The van der Waals surface area contributed by atoms with Gasteiger partial charge in [-0.3, -0.25) is 0 Å². The van der Waals surface area contributed by atoms with E-state index in [4.69, 9.17) is 4.74 Å².